The average Bonchev–Trinajstić information content (AvgIpc) is 3.46. The van der Waals surface area contributed by atoms with Crippen LogP contribution in [0.3, 0.4) is 0 Å². The molecule has 0 rings (SSSR count). The van der Waals surface area contributed by atoms with Gasteiger partial charge in [0.2, 0.25) is 0 Å². The SMILES string of the molecule is CC/C=C\C/C=C\C/C=C\C/C=C\CCCCCCCCCCCCCCCCC(=O)OC(COC(=O)CCCCCCCCCCCCCCCCCCCCCCCCCC/C=C\C/C=C\C/C=C\CCCCCCC)COC(OCC[N+](C)(C)C)C(=O)O. The number of hydrogen-bond donors (Lipinski definition) is 1. The molecule has 0 heterocycles. The average molecular weight is 1280 g/mol. The normalized spacial score (nSPS) is 13.1. The largest absolute Gasteiger partial charge is 0.477 e. The number of allylic oxidation sites excluding steroid dienone is 14. The van der Waals surface area contributed by atoms with E-state index in [1.165, 1.54) is 257 Å². The van der Waals surface area contributed by atoms with E-state index >= 15 is 0 Å². The predicted octanol–water partition coefficient (Wildman–Crippen LogP) is 24.6. The van der Waals surface area contributed by atoms with E-state index < -0.39 is 24.3 Å². The molecule has 0 saturated carbocycles. The van der Waals surface area contributed by atoms with Gasteiger partial charge in [-0.25, -0.2) is 4.79 Å². The molecule has 0 saturated heterocycles. The molecule has 9 nitrogen and oxygen atoms in total. The molecule has 0 spiro atoms. The zero-order chi connectivity index (χ0) is 66.1. The Kier molecular flexibility index (Phi) is 69.5. The van der Waals surface area contributed by atoms with Crippen molar-refractivity contribution >= 4 is 17.9 Å². The number of hydrogen-bond acceptors (Lipinski definition) is 7. The molecule has 0 aromatic heterocycles. The van der Waals surface area contributed by atoms with E-state index in [1.807, 2.05) is 21.1 Å². The second-order valence-electron chi connectivity index (χ2n) is 27.3. The van der Waals surface area contributed by atoms with Crippen molar-refractivity contribution in [2.75, 3.05) is 47.5 Å². The van der Waals surface area contributed by atoms with E-state index in [0.717, 1.165) is 77.0 Å². The van der Waals surface area contributed by atoms with Crippen LogP contribution in [0.2, 0.25) is 0 Å². The van der Waals surface area contributed by atoms with Crippen LogP contribution in [0.5, 0.6) is 0 Å². The number of likely N-dealkylation sites (N-methyl/N-ethyl adjacent to an activating group) is 1. The molecule has 0 aliphatic rings. The van der Waals surface area contributed by atoms with Crippen molar-refractivity contribution in [2.24, 2.45) is 0 Å². The molecule has 2 unspecified atom stereocenters. The molecular weight excluding hydrogens is 1130 g/mol. The summed E-state index contributed by atoms with van der Waals surface area (Å²) in [5.74, 6) is -1.99. The van der Waals surface area contributed by atoms with Crippen molar-refractivity contribution in [3.63, 3.8) is 0 Å². The number of nitrogens with zero attached hydrogens (tertiary/aromatic N) is 1. The predicted molar refractivity (Wildman–Crippen MR) is 392 cm³/mol. The number of carboxylic acids is 1. The van der Waals surface area contributed by atoms with Crippen molar-refractivity contribution in [1.82, 2.24) is 0 Å². The Balaban J connectivity index is 3.98. The van der Waals surface area contributed by atoms with Gasteiger partial charge < -0.3 is 28.5 Å². The molecule has 91 heavy (non-hydrogen) atoms. The first-order valence-corrected chi connectivity index (χ1v) is 38.8. The van der Waals surface area contributed by atoms with E-state index in [9.17, 15) is 19.5 Å². The standard InChI is InChI=1S/C82H147NO8/c1-6-8-10-12-14-16-18-20-22-24-26-28-30-32-34-35-36-37-38-39-40-41-42-43-44-45-47-48-50-52-54-56-58-60-62-64-66-68-70-72-79(84)89-76-78(77-90-82(81(86)87)88-75-74-83(3,4)5)91-80(85)73-71-69-67-65-63-61-59-57-55-53-51-49-46-33-31-29-27-25-23-21-19-17-15-13-11-9-7-2/h9,11,15,17-18,20-21,23-24,26-27,29-30,32,78,82H,6-8,10,12-14,16,19,22,25,28,31,33-77H2,1-5H3/p+1/b11-9-,17-15-,20-18-,23-21-,26-24-,29-27-,32-30-. The van der Waals surface area contributed by atoms with E-state index in [-0.39, 0.29) is 32.2 Å². The lowest BCUT2D eigenvalue weighted by Gasteiger charge is -2.25. The summed E-state index contributed by atoms with van der Waals surface area (Å²) >= 11 is 0. The molecule has 2 atom stereocenters. The van der Waals surface area contributed by atoms with Crippen molar-refractivity contribution in [2.45, 2.75) is 373 Å². The second-order valence-corrected chi connectivity index (χ2v) is 27.3. The maximum absolute atomic E-state index is 13.0. The van der Waals surface area contributed by atoms with Crippen LogP contribution in [0, 0.1) is 0 Å². The number of carbonyl (C=O) groups is 3. The molecular formula is C82H148NO8+. The molecule has 0 fully saturated rings. The highest BCUT2D eigenvalue weighted by Crippen LogP contribution is 2.19. The zero-order valence-corrected chi connectivity index (χ0v) is 60.5. The van der Waals surface area contributed by atoms with Crippen molar-refractivity contribution in [3.8, 4) is 0 Å². The molecule has 1 N–H and O–H groups in total. The van der Waals surface area contributed by atoms with Gasteiger partial charge in [0.25, 0.3) is 6.29 Å². The van der Waals surface area contributed by atoms with Gasteiger partial charge in [-0.3, -0.25) is 9.59 Å². The minimum absolute atomic E-state index is 0.181. The van der Waals surface area contributed by atoms with E-state index in [0.29, 0.717) is 17.4 Å². The monoisotopic (exact) mass is 1280 g/mol. The summed E-state index contributed by atoms with van der Waals surface area (Å²) in [4.78, 5) is 37.7. The van der Waals surface area contributed by atoms with Gasteiger partial charge in [-0.2, -0.15) is 0 Å². The Morgan fingerprint density at radius 3 is 0.934 bits per heavy atom. The molecule has 0 aromatic carbocycles. The number of esters is 2. The maximum atomic E-state index is 13.0. The number of carbonyl (C=O) groups excluding carboxylic acids is 2. The fraction of sp³-hybridized carbons (Fsp3) is 0.793. The van der Waals surface area contributed by atoms with Gasteiger partial charge in [0.05, 0.1) is 34.4 Å². The Hall–Kier alpha value is -3.53. The first-order chi connectivity index (χ1) is 44.6. The Bertz CT molecular complexity index is 1770. The van der Waals surface area contributed by atoms with Crippen LogP contribution in [0.4, 0.5) is 0 Å². The molecule has 528 valence electrons. The minimum Gasteiger partial charge on any atom is -0.477 e. The molecule has 0 aliphatic heterocycles. The summed E-state index contributed by atoms with van der Waals surface area (Å²) in [5.41, 5.74) is 0. The number of unbranched alkanes of at least 4 members (excludes halogenated alkanes) is 43. The summed E-state index contributed by atoms with van der Waals surface area (Å²) < 4.78 is 23.0. The summed E-state index contributed by atoms with van der Waals surface area (Å²) in [6.45, 7) is 4.80. The minimum atomic E-state index is -1.51. The van der Waals surface area contributed by atoms with Crippen LogP contribution in [-0.4, -0.2) is 87.4 Å². The fourth-order valence-corrected chi connectivity index (χ4v) is 11.3. The van der Waals surface area contributed by atoms with Gasteiger partial charge in [0.1, 0.15) is 13.2 Å². The van der Waals surface area contributed by atoms with Crippen LogP contribution in [0.15, 0.2) is 85.1 Å². The van der Waals surface area contributed by atoms with Crippen molar-refractivity contribution < 1.29 is 42.9 Å². The summed E-state index contributed by atoms with van der Waals surface area (Å²) in [5, 5.41) is 9.76. The molecule has 9 heteroatoms. The maximum Gasteiger partial charge on any atom is 0.361 e. The fourth-order valence-electron chi connectivity index (χ4n) is 11.3. The number of aliphatic carboxylic acids is 1. The third-order valence-electron chi connectivity index (χ3n) is 17.1. The van der Waals surface area contributed by atoms with Crippen molar-refractivity contribution in [1.29, 1.82) is 0 Å². The summed E-state index contributed by atoms with van der Waals surface area (Å²) in [7, 11) is 5.99. The van der Waals surface area contributed by atoms with Crippen LogP contribution in [0.25, 0.3) is 0 Å². The molecule has 0 aliphatic carbocycles. The van der Waals surface area contributed by atoms with Gasteiger partial charge in [-0.1, -0.05) is 343 Å². The van der Waals surface area contributed by atoms with Crippen molar-refractivity contribution in [3.05, 3.63) is 85.1 Å². The van der Waals surface area contributed by atoms with Crippen LogP contribution in [-0.2, 0) is 33.3 Å². The Morgan fingerprint density at radius 1 is 0.341 bits per heavy atom. The molecule has 0 radical (unpaired) electrons. The highest BCUT2D eigenvalue weighted by Gasteiger charge is 2.25. The lowest BCUT2D eigenvalue weighted by molar-refractivity contribution is -0.870. The lowest BCUT2D eigenvalue weighted by Crippen LogP contribution is -2.40. The lowest BCUT2D eigenvalue weighted by atomic mass is 10.0. The Labute approximate surface area is 563 Å². The smallest absolute Gasteiger partial charge is 0.361 e. The highest BCUT2D eigenvalue weighted by atomic mass is 16.7. The first kappa shape index (κ1) is 87.5. The van der Waals surface area contributed by atoms with E-state index in [1.54, 1.807) is 0 Å². The van der Waals surface area contributed by atoms with Crippen LogP contribution in [0.1, 0.15) is 361 Å². The number of rotatable bonds is 72. The quantitative estimate of drug-likeness (QED) is 0.0211. The van der Waals surface area contributed by atoms with E-state index in [2.05, 4.69) is 98.9 Å². The van der Waals surface area contributed by atoms with Crippen LogP contribution < -0.4 is 0 Å². The zero-order valence-electron chi connectivity index (χ0n) is 60.5. The summed E-state index contributed by atoms with van der Waals surface area (Å²) in [6.07, 6.45) is 95.9. The van der Waals surface area contributed by atoms with Gasteiger partial charge in [-0.15, -0.1) is 0 Å². The van der Waals surface area contributed by atoms with E-state index in [4.69, 9.17) is 18.9 Å². The second kappa shape index (κ2) is 72.3. The summed E-state index contributed by atoms with van der Waals surface area (Å²) in [6, 6.07) is 0. The first-order valence-electron chi connectivity index (χ1n) is 38.8. The molecule has 0 amide bonds. The van der Waals surface area contributed by atoms with Gasteiger partial charge in [-0.05, 0) is 89.9 Å². The molecule has 0 aromatic rings. The number of quaternary nitrogens is 1. The third-order valence-corrected chi connectivity index (χ3v) is 17.1. The number of ether oxygens (including phenoxy) is 4. The van der Waals surface area contributed by atoms with Gasteiger partial charge in [0, 0.05) is 12.8 Å². The molecule has 0 bridgehead atoms. The number of carboxylic acid groups (broad SMARTS) is 1. The van der Waals surface area contributed by atoms with Gasteiger partial charge in [0.15, 0.2) is 6.10 Å². The highest BCUT2D eigenvalue weighted by molar-refractivity contribution is 5.71. The van der Waals surface area contributed by atoms with Crippen LogP contribution >= 0.6 is 0 Å². The topological polar surface area (TPSA) is 108 Å². The van der Waals surface area contributed by atoms with Gasteiger partial charge >= 0.3 is 17.9 Å². The Morgan fingerprint density at radius 2 is 0.626 bits per heavy atom. The third kappa shape index (κ3) is 73.7.